The first-order chi connectivity index (χ1) is 14.2. The molecule has 0 spiro atoms. The van der Waals surface area contributed by atoms with Crippen molar-refractivity contribution >= 4 is 5.78 Å². The monoisotopic (exact) mass is 388 g/mol. The molecule has 0 aliphatic rings. The first-order valence-electron chi connectivity index (χ1n) is 10.0. The summed E-state index contributed by atoms with van der Waals surface area (Å²) in [5.74, 6) is 0.221. The van der Waals surface area contributed by atoms with Crippen LogP contribution in [0.5, 0.6) is 0 Å². The van der Waals surface area contributed by atoms with Crippen molar-refractivity contribution in [2.75, 3.05) is 0 Å². The number of Topliss-reactive ketones (excluding diaryl/α,β-unsaturated/α-hetero) is 1. The van der Waals surface area contributed by atoms with Crippen molar-refractivity contribution in [3.63, 3.8) is 0 Å². The summed E-state index contributed by atoms with van der Waals surface area (Å²) in [6.45, 7) is 4.63. The SMILES string of the molecule is CC(=O)CCc1cc(CNCc2ccccn2)cc(CNCc2ccccn2)c1. The molecule has 0 atom stereocenters. The molecule has 0 saturated heterocycles. The third kappa shape index (κ3) is 7.56. The number of ketones is 1. The van der Waals surface area contributed by atoms with Gasteiger partial charge in [-0.25, -0.2) is 0 Å². The number of aryl methyl sites for hydroxylation is 1. The van der Waals surface area contributed by atoms with E-state index in [0.717, 1.165) is 44.0 Å². The number of carbonyl (C=O) groups excluding carboxylic acids is 1. The summed E-state index contributed by atoms with van der Waals surface area (Å²) in [6, 6.07) is 18.5. The van der Waals surface area contributed by atoms with Crippen LogP contribution in [0.4, 0.5) is 0 Å². The predicted octanol–water partition coefficient (Wildman–Crippen LogP) is 3.58. The van der Waals surface area contributed by atoms with Crippen LogP contribution in [0.1, 0.15) is 41.4 Å². The van der Waals surface area contributed by atoms with E-state index in [0.29, 0.717) is 6.42 Å². The maximum Gasteiger partial charge on any atom is 0.130 e. The van der Waals surface area contributed by atoms with E-state index in [4.69, 9.17) is 0 Å². The Morgan fingerprint density at radius 2 is 1.28 bits per heavy atom. The molecule has 3 aromatic rings. The third-order valence-electron chi connectivity index (χ3n) is 4.60. The number of hydrogen-bond donors (Lipinski definition) is 2. The molecule has 150 valence electrons. The van der Waals surface area contributed by atoms with Gasteiger partial charge in [0.05, 0.1) is 11.4 Å². The summed E-state index contributed by atoms with van der Waals surface area (Å²) >= 11 is 0. The van der Waals surface area contributed by atoms with Crippen molar-refractivity contribution < 1.29 is 4.79 Å². The Labute approximate surface area is 172 Å². The molecule has 0 amide bonds. The second-order valence-electron chi connectivity index (χ2n) is 7.21. The van der Waals surface area contributed by atoms with Crippen LogP contribution in [-0.4, -0.2) is 15.8 Å². The van der Waals surface area contributed by atoms with E-state index in [2.05, 4.69) is 38.8 Å². The number of rotatable bonds is 11. The van der Waals surface area contributed by atoms with Crippen molar-refractivity contribution in [1.29, 1.82) is 0 Å². The average molecular weight is 389 g/mol. The number of benzene rings is 1. The molecule has 2 aromatic heterocycles. The Bertz CT molecular complexity index is 834. The van der Waals surface area contributed by atoms with Crippen LogP contribution >= 0.6 is 0 Å². The molecule has 2 heterocycles. The van der Waals surface area contributed by atoms with Gasteiger partial charge in [0.15, 0.2) is 0 Å². The van der Waals surface area contributed by atoms with E-state index >= 15 is 0 Å². The summed E-state index contributed by atoms with van der Waals surface area (Å²) in [5, 5.41) is 6.92. The fourth-order valence-corrected chi connectivity index (χ4v) is 3.18. The van der Waals surface area contributed by atoms with E-state index in [1.165, 1.54) is 16.7 Å². The van der Waals surface area contributed by atoms with Crippen LogP contribution in [-0.2, 0) is 37.4 Å². The van der Waals surface area contributed by atoms with E-state index in [9.17, 15) is 4.79 Å². The minimum Gasteiger partial charge on any atom is -0.307 e. The Balaban J connectivity index is 1.61. The number of aromatic nitrogens is 2. The molecule has 5 heteroatoms. The third-order valence-corrected chi connectivity index (χ3v) is 4.60. The largest absolute Gasteiger partial charge is 0.307 e. The highest BCUT2D eigenvalue weighted by atomic mass is 16.1. The molecule has 0 unspecified atom stereocenters. The van der Waals surface area contributed by atoms with Gasteiger partial charge in [0.2, 0.25) is 0 Å². The van der Waals surface area contributed by atoms with Crippen molar-refractivity contribution in [1.82, 2.24) is 20.6 Å². The van der Waals surface area contributed by atoms with E-state index in [-0.39, 0.29) is 5.78 Å². The van der Waals surface area contributed by atoms with E-state index in [1.807, 2.05) is 48.8 Å². The van der Waals surface area contributed by atoms with Crippen LogP contribution < -0.4 is 10.6 Å². The summed E-state index contributed by atoms with van der Waals surface area (Å²) < 4.78 is 0. The summed E-state index contributed by atoms with van der Waals surface area (Å²) in [4.78, 5) is 20.1. The second kappa shape index (κ2) is 11.2. The second-order valence-corrected chi connectivity index (χ2v) is 7.21. The molecule has 0 aliphatic carbocycles. The maximum absolute atomic E-state index is 11.4. The molecule has 0 saturated carbocycles. The number of pyridine rings is 2. The number of nitrogens with one attached hydrogen (secondary N) is 2. The van der Waals surface area contributed by atoms with Crippen molar-refractivity contribution in [3.8, 4) is 0 Å². The fourth-order valence-electron chi connectivity index (χ4n) is 3.18. The Hall–Kier alpha value is -2.89. The lowest BCUT2D eigenvalue weighted by Crippen LogP contribution is -2.16. The molecule has 3 rings (SSSR count). The number of hydrogen-bond acceptors (Lipinski definition) is 5. The van der Waals surface area contributed by atoms with Crippen LogP contribution in [0.15, 0.2) is 67.0 Å². The van der Waals surface area contributed by atoms with Gasteiger partial charge in [0.1, 0.15) is 5.78 Å². The predicted molar refractivity (Wildman–Crippen MR) is 115 cm³/mol. The van der Waals surface area contributed by atoms with Crippen LogP contribution in [0.2, 0.25) is 0 Å². The molecule has 5 nitrogen and oxygen atoms in total. The van der Waals surface area contributed by atoms with E-state index < -0.39 is 0 Å². The van der Waals surface area contributed by atoms with E-state index in [1.54, 1.807) is 6.92 Å². The van der Waals surface area contributed by atoms with Gasteiger partial charge in [-0.3, -0.25) is 9.97 Å². The van der Waals surface area contributed by atoms with Gasteiger partial charge in [-0.05, 0) is 54.3 Å². The molecule has 0 fully saturated rings. The lowest BCUT2D eigenvalue weighted by atomic mass is 10.0. The number of carbonyl (C=O) groups is 1. The lowest BCUT2D eigenvalue weighted by Gasteiger charge is -2.12. The highest BCUT2D eigenvalue weighted by Crippen LogP contribution is 2.13. The topological polar surface area (TPSA) is 66.9 Å². The molecule has 29 heavy (non-hydrogen) atoms. The molecule has 1 aromatic carbocycles. The zero-order chi connectivity index (χ0) is 20.3. The lowest BCUT2D eigenvalue weighted by molar-refractivity contribution is -0.116. The van der Waals surface area contributed by atoms with Crippen molar-refractivity contribution in [2.45, 2.75) is 45.9 Å². The summed E-state index contributed by atoms with van der Waals surface area (Å²) in [5.41, 5.74) is 5.69. The molecular formula is C24H28N4O. The quantitative estimate of drug-likeness (QED) is 0.526. The first kappa shape index (κ1) is 20.8. The minimum absolute atomic E-state index is 0.221. The fraction of sp³-hybridized carbons (Fsp3) is 0.292. The molecule has 0 aliphatic heterocycles. The zero-order valence-electron chi connectivity index (χ0n) is 16.9. The Morgan fingerprint density at radius 3 is 1.72 bits per heavy atom. The van der Waals surface area contributed by atoms with Gasteiger partial charge < -0.3 is 15.4 Å². The zero-order valence-corrected chi connectivity index (χ0v) is 16.9. The van der Waals surface area contributed by atoms with Gasteiger partial charge in [0.25, 0.3) is 0 Å². The maximum atomic E-state index is 11.4. The van der Waals surface area contributed by atoms with Gasteiger partial charge >= 0.3 is 0 Å². The van der Waals surface area contributed by atoms with Crippen molar-refractivity contribution in [2.24, 2.45) is 0 Å². The van der Waals surface area contributed by atoms with Crippen molar-refractivity contribution in [3.05, 3.63) is 95.1 Å². The van der Waals surface area contributed by atoms with Crippen LogP contribution in [0.3, 0.4) is 0 Å². The molecular weight excluding hydrogens is 360 g/mol. The highest BCUT2D eigenvalue weighted by Gasteiger charge is 2.04. The number of nitrogens with zero attached hydrogens (tertiary/aromatic N) is 2. The Morgan fingerprint density at radius 1 is 0.759 bits per heavy atom. The van der Waals surface area contributed by atoms with Gasteiger partial charge in [0, 0.05) is 45.0 Å². The molecule has 0 bridgehead atoms. The summed E-state index contributed by atoms with van der Waals surface area (Å²) in [6.07, 6.45) is 4.97. The van der Waals surface area contributed by atoms with Gasteiger partial charge in [-0.2, -0.15) is 0 Å². The van der Waals surface area contributed by atoms with Gasteiger partial charge in [-0.1, -0.05) is 30.3 Å². The minimum atomic E-state index is 0.221. The summed E-state index contributed by atoms with van der Waals surface area (Å²) in [7, 11) is 0. The molecule has 0 radical (unpaired) electrons. The normalized spacial score (nSPS) is 10.8. The van der Waals surface area contributed by atoms with Crippen LogP contribution in [0, 0.1) is 0 Å². The van der Waals surface area contributed by atoms with Gasteiger partial charge in [-0.15, -0.1) is 0 Å². The van der Waals surface area contributed by atoms with Crippen LogP contribution in [0.25, 0.3) is 0 Å². The average Bonchev–Trinajstić information content (AvgIpc) is 2.74. The smallest absolute Gasteiger partial charge is 0.130 e. The highest BCUT2D eigenvalue weighted by molar-refractivity contribution is 5.75. The first-order valence-corrected chi connectivity index (χ1v) is 10.0. The molecule has 2 N–H and O–H groups in total. The Kier molecular flexibility index (Phi) is 8.04. The standard InChI is InChI=1S/C24H28N4O/c1-19(29)8-9-20-12-21(15-25-17-23-6-2-4-10-27-23)14-22(13-20)16-26-18-24-7-3-5-11-28-24/h2-7,10-14,25-26H,8-9,15-18H2,1H3.